The van der Waals surface area contributed by atoms with E-state index in [9.17, 15) is 18.0 Å². The van der Waals surface area contributed by atoms with Crippen molar-refractivity contribution < 1.29 is 18.0 Å². The van der Waals surface area contributed by atoms with Crippen molar-refractivity contribution in [3.05, 3.63) is 0 Å². The first-order valence-electron chi connectivity index (χ1n) is 4.69. The zero-order valence-corrected chi connectivity index (χ0v) is 8.10. The molecule has 0 bridgehead atoms. The molecule has 0 heterocycles. The molecule has 0 radical (unpaired) electrons. The van der Waals surface area contributed by atoms with E-state index in [-0.39, 0.29) is 24.8 Å². The van der Waals surface area contributed by atoms with Crippen molar-refractivity contribution in [2.75, 3.05) is 13.1 Å². The summed E-state index contributed by atoms with van der Waals surface area (Å²) in [6.07, 6.45) is -2.28. The van der Waals surface area contributed by atoms with Gasteiger partial charge in [0.15, 0.2) is 0 Å². The van der Waals surface area contributed by atoms with Crippen LogP contribution in [0.4, 0.5) is 13.2 Å². The van der Waals surface area contributed by atoms with Crippen molar-refractivity contribution >= 4 is 5.78 Å². The van der Waals surface area contributed by atoms with Crippen LogP contribution in [0.5, 0.6) is 0 Å². The number of carbonyl (C=O) groups is 1. The van der Waals surface area contributed by atoms with Crippen molar-refractivity contribution in [3.8, 4) is 0 Å². The van der Waals surface area contributed by atoms with Crippen molar-refractivity contribution in [2.45, 2.75) is 38.4 Å². The van der Waals surface area contributed by atoms with Crippen LogP contribution < -0.4 is 0 Å². The van der Waals surface area contributed by atoms with Gasteiger partial charge in [-0.15, -0.1) is 0 Å². The van der Waals surface area contributed by atoms with E-state index in [0.29, 0.717) is 0 Å². The molecule has 1 saturated carbocycles. The summed E-state index contributed by atoms with van der Waals surface area (Å²) in [5.74, 6) is -0.0576. The molecule has 0 N–H and O–H groups in total. The predicted octanol–water partition coefficient (Wildman–Crippen LogP) is 1.99. The fraction of sp³-hybridized carbons (Fsp3) is 0.889. The fourth-order valence-electron chi connectivity index (χ4n) is 1.36. The summed E-state index contributed by atoms with van der Waals surface area (Å²) in [6, 6.07) is 0.0518. The number of nitrogens with zero attached hydrogens (tertiary/aromatic N) is 1. The highest BCUT2D eigenvalue weighted by Gasteiger charge is 2.37. The molecule has 82 valence electrons. The quantitative estimate of drug-likeness (QED) is 0.690. The summed E-state index contributed by atoms with van der Waals surface area (Å²) in [5, 5.41) is 0. The molecule has 0 unspecified atom stereocenters. The van der Waals surface area contributed by atoms with Crippen LogP contribution in [0.3, 0.4) is 0 Å². The maximum atomic E-state index is 12.1. The molecule has 2 nitrogen and oxygen atoms in total. The zero-order chi connectivity index (χ0) is 10.8. The van der Waals surface area contributed by atoms with E-state index in [0.717, 1.165) is 12.8 Å². The number of rotatable bonds is 5. The van der Waals surface area contributed by atoms with Gasteiger partial charge in [-0.2, -0.15) is 13.2 Å². The van der Waals surface area contributed by atoms with Crippen molar-refractivity contribution in [1.29, 1.82) is 0 Å². The first-order valence-corrected chi connectivity index (χ1v) is 4.69. The van der Waals surface area contributed by atoms with Crippen LogP contribution in [0.15, 0.2) is 0 Å². The third-order valence-corrected chi connectivity index (χ3v) is 2.20. The van der Waals surface area contributed by atoms with Crippen LogP contribution in [0.1, 0.15) is 26.2 Å². The number of alkyl halides is 3. The Bertz CT molecular complexity index is 211. The van der Waals surface area contributed by atoms with Gasteiger partial charge in [0.25, 0.3) is 0 Å². The minimum atomic E-state index is -4.15. The van der Waals surface area contributed by atoms with E-state index in [2.05, 4.69) is 0 Å². The van der Waals surface area contributed by atoms with Crippen LogP contribution in [0.25, 0.3) is 0 Å². The lowest BCUT2D eigenvalue weighted by Crippen LogP contribution is -2.37. The van der Waals surface area contributed by atoms with Crippen LogP contribution in [-0.2, 0) is 4.79 Å². The molecule has 0 aliphatic heterocycles. The van der Waals surface area contributed by atoms with Gasteiger partial charge in [0.2, 0.25) is 0 Å². The van der Waals surface area contributed by atoms with E-state index in [4.69, 9.17) is 0 Å². The summed E-state index contributed by atoms with van der Waals surface area (Å²) in [7, 11) is 0. The van der Waals surface area contributed by atoms with Gasteiger partial charge in [-0.25, -0.2) is 0 Å². The smallest absolute Gasteiger partial charge is 0.300 e. The molecular formula is C9H14F3NO. The highest BCUT2D eigenvalue weighted by Crippen LogP contribution is 2.29. The van der Waals surface area contributed by atoms with Gasteiger partial charge in [-0.05, 0) is 19.8 Å². The number of hydrogen-bond donors (Lipinski definition) is 0. The first-order chi connectivity index (χ1) is 6.38. The molecule has 5 heteroatoms. The van der Waals surface area contributed by atoms with Gasteiger partial charge in [0.05, 0.1) is 6.54 Å². The summed E-state index contributed by atoms with van der Waals surface area (Å²) in [5.41, 5.74) is 0. The molecule has 1 fully saturated rings. The minimum absolute atomic E-state index is 0.0518. The Balaban J connectivity index is 2.35. The number of hydrogen-bond acceptors (Lipinski definition) is 2. The Morgan fingerprint density at radius 1 is 1.43 bits per heavy atom. The third-order valence-electron chi connectivity index (χ3n) is 2.20. The summed E-state index contributed by atoms with van der Waals surface area (Å²) in [6.45, 7) is 0.753. The zero-order valence-electron chi connectivity index (χ0n) is 8.10. The summed E-state index contributed by atoms with van der Waals surface area (Å²) >= 11 is 0. The van der Waals surface area contributed by atoms with Crippen LogP contribution in [0, 0.1) is 0 Å². The Labute approximate surface area is 81.1 Å². The number of halogens is 3. The monoisotopic (exact) mass is 209 g/mol. The van der Waals surface area contributed by atoms with Gasteiger partial charge >= 0.3 is 6.18 Å². The van der Waals surface area contributed by atoms with Crippen molar-refractivity contribution in [3.63, 3.8) is 0 Å². The molecule has 0 spiro atoms. The molecule has 1 rings (SSSR count). The minimum Gasteiger partial charge on any atom is -0.300 e. The Morgan fingerprint density at radius 2 is 2.00 bits per heavy atom. The lowest BCUT2D eigenvalue weighted by Gasteiger charge is -2.22. The lowest BCUT2D eigenvalue weighted by molar-refractivity contribution is -0.148. The van der Waals surface area contributed by atoms with E-state index in [1.54, 1.807) is 0 Å². The summed E-state index contributed by atoms with van der Waals surface area (Å²) in [4.78, 5) is 12.0. The fourth-order valence-corrected chi connectivity index (χ4v) is 1.36. The Morgan fingerprint density at radius 3 is 2.36 bits per heavy atom. The molecule has 0 aromatic carbocycles. The number of ketones is 1. The normalized spacial score (nSPS) is 17.5. The highest BCUT2D eigenvalue weighted by atomic mass is 19.4. The molecule has 0 saturated heterocycles. The van der Waals surface area contributed by atoms with Crippen molar-refractivity contribution in [1.82, 2.24) is 4.90 Å². The Kier molecular flexibility index (Phi) is 3.53. The average Bonchev–Trinajstić information content (AvgIpc) is 2.77. The van der Waals surface area contributed by atoms with Gasteiger partial charge in [0.1, 0.15) is 5.78 Å². The maximum absolute atomic E-state index is 12.1. The second-order valence-electron chi connectivity index (χ2n) is 3.77. The predicted molar refractivity (Wildman–Crippen MR) is 45.9 cm³/mol. The molecule has 14 heavy (non-hydrogen) atoms. The molecule has 1 aliphatic rings. The van der Waals surface area contributed by atoms with Gasteiger partial charge in [-0.3, -0.25) is 9.69 Å². The van der Waals surface area contributed by atoms with E-state index in [1.807, 2.05) is 0 Å². The first kappa shape index (κ1) is 11.5. The number of carbonyl (C=O) groups excluding carboxylic acids is 1. The molecule has 0 aromatic heterocycles. The van der Waals surface area contributed by atoms with Gasteiger partial charge < -0.3 is 0 Å². The van der Waals surface area contributed by atoms with E-state index >= 15 is 0 Å². The second kappa shape index (κ2) is 4.29. The van der Waals surface area contributed by atoms with E-state index in [1.165, 1.54) is 11.8 Å². The van der Waals surface area contributed by atoms with Crippen molar-refractivity contribution in [2.24, 2.45) is 0 Å². The SMILES string of the molecule is CC(=O)CCN(CC(F)(F)F)C1CC1. The molecule has 0 aromatic rings. The highest BCUT2D eigenvalue weighted by molar-refractivity contribution is 5.75. The van der Waals surface area contributed by atoms with Crippen LogP contribution in [-0.4, -0.2) is 36.0 Å². The van der Waals surface area contributed by atoms with Crippen LogP contribution >= 0.6 is 0 Å². The average molecular weight is 209 g/mol. The maximum Gasteiger partial charge on any atom is 0.401 e. The Hall–Kier alpha value is -0.580. The molecule has 0 amide bonds. The largest absolute Gasteiger partial charge is 0.401 e. The molecular weight excluding hydrogens is 195 g/mol. The number of Topliss-reactive ketones (excluding diaryl/α,β-unsaturated/α-hetero) is 1. The van der Waals surface area contributed by atoms with Gasteiger partial charge in [-0.1, -0.05) is 0 Å². The lowest BCUT2D eigenvalue weighted by atomic mass is 10.3. The molecule has 0 atom stereocenters. The standard InChI is InChI=1S/C9H14F3NO/c1-7(14)4-5-13(8-2-3-8)6-9(10,11)12/h8H,2-6H2,1H3. The van der Waals surface area contributed by atoms with Crippen LogP contribution in [0.2, 0.25) is 0 Å². The van der Waals surface area contributed by atoms with Gasteiger partial charge in [0, 0.05) is 19.0 Å². The summed E-state index contributed by atoms with van der Waals surface area (Å²) < 4.78 is 36.3. The topological polar surface area (TPSA) is 20.3 Å². The van der Waals surface area contributed by atoms with E-state index < -0.39 is 12.7 Å². The molecule has 1 aliphatic carbocycles. The second-order valence-corrected chi connectivity index (χ2v) is 3.77. The third kappa shape index (κ3) is 4.60.